The summed E-state index contributed by atoms with van der Waals surface area (Å²) in [5, 5.41) is 5.49. The number of nitrogens with one attached hydrogen (secondary N) is 1. The van der Waals surface area contributed by atoms with Gasteiger partial charge in [-0.3, -0.25) is 9.69 Å². The Morgan fingerprint density at radius 2 is 2.25 bits per heavy atom. The van der Waals surface area contributed by atoms with E-state index in [1.165, 1.54) is 11.3 Å². The third-order valence-electron chi connectivity index (χ3n) is 3.51. The van der Waals surface area contributed by atoms with Crippen LogP contribution in [0.4, 0.5) is 0 Å². The molecule has 0 saturated carbocycles. The number of carbonyl (C=O) groups excluding carboxylic acids is 1. The van der Waals surface area contributed by atoms with E-state index in [4.69, 9.17) is 10.5 Å². The van der Waals surface area contributed by atoms with Crippen molar-refractivity contribution in [3.05, 3.63) is 16.1 Å². The van der Waals surface area contributed by atoms with Gasteiger partial charge in [-0.15, -0.1) is 11.3 Å². The molecule has 0 bridgehead atoms. The zero-order chi connectivity index (χ0) is 14.6. The summed E-state index contributed by atoms with van der Waals surface area (Å²) in [4.78, 5) is 18.6. The van der Waals surface area contributed by atoms with E-state index in [0.717, 1.165) is 31.3 Å². The van der Waals surface area contributed by atoms with Gasteiger partial charge >= 0.3 is 0 Å². The molecule has 0 unspecified atom stereocenters. The van der Waals surface area contributed by atoms with Gasteiger partial charge < -0.3 is 15.8 Å². The van der Waals surface area contributed by atoms with Gasteiger partial charge in [0, 0.05) is 37.1 Å². The molecular formula is C13H22N4O2S. The highest BCUT2D eigenvalue weighted by Gasteiger charge is 2.28. The second-order valence-corrected chi connectivity index (χ2v) is 6.37. The Kier molecular flexibility index (Phi) is 5.09. The highest BCUT2D eigenvalue weighted by Crippen LogP contribution is 2.15. The van der Waals surface area contributed by atoms with Crippen molar-refractivity contribution in [2.45, 2.75) is 25.9 Å². The number of amides is 1. The summed E-state index contributed by atoms with van der Waals surface area (Å²) in [5.74, 6) is -0.137. The summed E-state index contributed by atoms with van der Waals surface area (Å²) < 4.78 is 5.36. The molecule has 1 aliphatic heterocycles. The van der Waals surface area contributed by atoms with Crippen molar-refractivity contribution in [3.8, 4) is 0 Å². The first-order valence-corrected chi connectivity index (χ1v) is 7.66. The number of rotatable bonds is 5. The maximum absolute atomic E-state index is 12.1. The van der Waals surface area contributed by atoms with Crippen LogP contribution in [0, 0.1) is 0 Å². The predicted octanol–water partition coefficient (Wildman–Crippen LogP) is 0.442. The Morgan fingerprint density at radius 1 is 1.55 bits per heavy atom. The first-order chi connectivity index (χ1) is 9.53. The number of hydrogen-bond acceptors (Lipinski definition) is 6. The molecule has 7 heteroatoms. The second kappa shape index (κ2) is 6.62. The van der Waals surface area contributed by atoms with Gasteiger partial charge in [-0.2, -0.15) is 0 Å². The van der Waals surface area contributed by atoms with Crippen LogP contribution in [0.15, 0.2) is 5.38 Å². The SMILES string of the molecule is CC(C)(CNC(=O)c1csc(CN)n1)N1CCOCC1. The minimum absolute atomic E-state index is 0.0911. The lowest BCUT2D eigenvalue weighted by atomic mass is 10.0. The first-order valence-electron chi connectivity index (χ1n) is 6.78. The van der Waals surface area contributed by atoms with Crippen molar-refractivity contribution < 1.29 is 9.53 Å². The van der Waals surface area contributed by atoms with Crippen LogP contribution in [0.5, 0.6) is 0 Å². The Morgan fingerprint density at radius 3 is 2.85 bits per heavy atom. The number of ether oxygens (including phenoxy) is 1. The Labute approximate surface area is 123 Å². The topological polar surface area (TPSA) is 80.5 Å². The highest BCUT2D eigenvalue weighted by molar-refractivity contribution is 7.09. The smallest absolute Gasteiger partial charge is 0.270 e. The third-order valence-corrected chi connectivity index (χ3v) is 4.38. The van der Waals surface area contributed by atoms with Crippen molar-refractivity contribution in [1.82, 2.24) is 15.2 Å². The van der Waals surface area contributed by atoms with Crippen molar-refractivity contribution in [3.63, 3.8) is 0 Å². The van der Waals surface area contributed by atoms with Crippen molar-refractivity contribution in [1.29, 1.82) is 0 Å². The van der Waals surface area contributed by atoms with Gasteiger partial charge in [-0.25, -0.2) is 4.98 Å². The van der Waals surface area contributed by atoms with E-state index in [0.29, 0.717) is 18.8 Å². The fourth-order valence-corrected chi connectivity index (χ4v) is 2.83. The summed E-state index contributed by atoms with van der Waals surface area (Å²) >= 11 is 1.42. The number of nitrogens with zero attached hydrogens (tertiary/aromatic N) is 2. The summed E-state index contributed by atoms with van der Waals surface area (Å²) in [6, 6.07) is 0. The van der Waals surface area contributed by atoms with E-state index in [2.05, 4.69) is 29.0 Å². The minimum atomic E-state index is -0.137. The summed E-state index contributed by atoms with van der Waals surface area (Å²) in [5.41, 5.74) is 5.86. The van der Waals surface area contributed by atoms with Gasteiger partial charge in [-0.05, 0) is 13.8 Å². The van der Waals surface area contributed by atoms with Crippen LogP contribution in [-0.2, 0) is 11.3 Å². The van der Waals surface area contributed by atoms with Crippen LogP contribution in [0.25, 0.3) is 0 Å². The Balaban J connectivity index is 1.88. The summed E-state index contributed by atoms with van der Waals surface area (Å²) in [6.45, 7) is 8.52. The molecular weight excluding hydrogens is 276 g/mol. The maximum atomic E-state index is 12.1. The zero-order valence-corrected chi connectivity index (χ0v) is 12.8. The molecule has 0 atom stereocenters. The predicted molar refractivity (Wildman–Crippen MR) is 78.8 cm³/mol. The second-order valence-electron chi connectivity index (χ2n) is 5.43. The van der Waals surface area contributed by atoms with Crippen molar-refractivity contribution >= 4 is 17.2 Å². The van der Waals surface area contributed by atoms with E-state index >= 15 is 0 Å². The lowest BCUT2D eigenvalue weighted by molar-refractivity contribution is -0.00924. The number of nitrogens with two attached hydrogens (primary N) is 1. The fraction of sp³-hybridized carbons (Fsp3) is 0.692. The fourth-order valence-electron chi connectivity index (χ4n) is 2.18. The highest BCUT2D eigenvalue weighted by atomic mass is 32.1. The van der Waals surface area contributed by atoms with E-state index in [-0.39, 0.29) is 11.4 Å². The lowest BCUT2D eigenvalue weighted by Crippen LogP contribution is -2.55. The maximum Gasteiger partial charge on any atom is 0.270 e. The van der Waals surface area contributed by atoms with Gasteiger partial charge in [0.1, 0.15) is 10.7 Å². The molecule has 2 rings (SSSR count). The van der Waals surface area contributed by atoms with Crippen molar-refractivity contribution in [2.24, 2.45) is 5.73 Å². The van der Waals surface area contributed by atoms with Gasteiger partial charge in [0.15, 0.2) is 0 Å². The van der Waals surface area contributed by atoms with E-state index < -0.39 is 0 Å². The molecule has 1 aromatic heterocycles. The molecule has 2 heterocycles. The largest absolute Gasteiger partial charge is 0.379 e. The van der Waals surface area contributed by atoms with Crippen molar-refractivity contribution in [2.75, 3.05) is 32.8 Å². The molecule has 6 nitrogen and oxygen atoms in total. The lowest BCUT2D eigenvalue weighted by Gasteiger charge is -2.40. The normalized spacial score (nSPS) is 17.1. The average Bonchev–Trinajstić information content (AvgIpc) is 2.95. The van der Waals surface area contributed by atoms with Gasteiger partial charge in [0.2, 0.25) is 0 Å². The van der Waals surface area contributed by atoms with Gasteiger partial charge in [-0.1, -0.05) is 0 Å². The minimum Gasteiger partial charge on any atom is -0.379 e. The van der Waals surface area contributed by atoms with E-state index in [1.54, 1.807) is 5.38 Å². The standard InChI is InChI=1S/C13H22N4O2S/c1-13(2,17-3-5-19-6-4-17)9-15-12(18)10-8-20-11(7-14)16-10/h8H,3-7,9,14H2,1-2H3,(H,15,18). The molecule has 3 N–H and O–H groups in total. The number of hydrogen-bond donors (Lipinski definition) is 2. The molecule has 1 amide bonds. The van der Waals surface area contributed by atoms with Gasteiger partial charge in [0.05, 0.1) is 13.2 Å². The molecule has 0 radical (unpaired) electrons. The quantitative estimate of drug-likeness (QED) is 0.824. The number of morpholine rings is 1. The molecule has 0 spiro atoms. The number of aromatic nitrogens is 1. The first kappa shape index (κ1) is 15.4. The van der Waals surface area contributed by atoms with E-state index in [1.807, 2.05) is 0 Å². The average molecular weight is 298 g/mol. The molecule has 1 aliphatic rings. The van der Waals surface area contributed by atoms with Crippen LogP contribution in [0.1, 0.15) is 29.3 Å². The Bertz CT molecular complexity index is 455. The molecule has 1 saturated heterocycles. The molecule has 112 valence electrons. The van der Waals surface area contributed by atoms with Crippen LogP contribution in [-0.4, -0.2) is 54.2 Å². The molecule has 0 aromatic carbocycles. The molecule has 0 aliphatic carbocycles. The monoisotopic (exact) mass is 298 g/mol. The van der Waals surface area contributed by atoms with Gasteiger partial charge in [0.25, 0.3) is 5.91 Å². The van der Waals surface area contributed by atoms with E-state index in [9.17, 15) is 4.79 Å². The molecule has 20 heavy (non-hydrogen) atoms. The van der Waals surface area contributed by atoms with Crippen LogP contribution >= 0.6 is 11.3 Å². The van der Waals surface area contributed by atoms with Crippen LogP contribution in [0.2, 0.25) is 0 Å². The Hall–Kier alpha value is -1.02. The zero-order valence-electron chi connectivity index (χ0n) is 12.0. The van der Waals surface area contributed by atoms with Crippen LogP contribution in [0.3, 0.4) is 0 Å². The number of carbonyl (C=O) groups is 1. The molecule has 1 aromatic rings. The third kappa shape index (κ3) is 3.76. The summed E-state index contributed by atoms with van der Waals surface area (Å²) in [6.07, 6.45) is 0. The summed E-state index contributed by atoms with van der Waals surface area (Å²) in [7, 11) is 0. The molecule has 1 fully saturated rings. The number of thiazole rings is 1. The van der Waals surface area contributed by atoms with Crippen LogP contribution < -0.4 is 11.1 Å².